The first-order valence-electron chi connectivity index (χ1n) is 7.94. The highest BCUT2D eigenvalue weighted by Gasteiger charge is 2.29. The number of halogens is 1. The van der Waals surface area contributed by atoms with Crippen molar-refractivity contribution in [3.63, 3.8) is 0 Å². The smallest absolute Gasteiger partial charge is 0.253 e. The van der Waals surface area contributed by atoms with Gasteiger partial charge in [0.15, 0.2) is 0 Å². The zero-order valence-corrected chi connectivity index (χ0v) is 14.2. The molecule has 2 saturated heterocycles. The average molecular weight is 351 g/mol. The van der Waals surface area contributed by atoms with Crippen molar-refractivity contribution in [3.05, 3.63) is 33.8 Å². The number of nitrogens with zero attached hydrogens (tertiary/aromatic N) is 2. The predicted octanol–water partition coefficient (Wildman–Crippen LogP) is 3.46. The van der Waals surface area contributed by atoms with Crippen LogP contribution >= 0.6 is 15.9 Å². The van der Waals surface area contributed by atoms with Gasteiger partial charge in [0, 0.05) is 29.2 Å². The van der Waals surface area contributed by atoms with Crippen LogP contribution in [0.1, 0.15) is 41.6 Å². The normalized spacial score (nSPS) is 23.5. The number of rotatable bonds is 2. The number of likely N-dealkylation sites (tertiary alicyclic amines) is 2. The SMILES string of the molecule is Cc1cc(C(=O)N2CCCC(N3CCCC3)C2)ccc1Br. The zero-order valence-electron chi connectivity index (χ0n) is 12.6. The Morgan fingerprint density at radius 1 is 1.19 bits per heavy atom. The molecule has 1 unspecified atom stereocenters. The summed E-state index contributed by atoms with van der Waals surface area (Å²) in [6.45, 7) is 6.25. The van der Waals surface area contributed by atoms with Crippen molar-refractivity contribution in [2.45, 2.75) is 38.6 Å². The van der Waals surface area contributed by atoms with Crippen LogP contribution in [0, 0.1) is 6.92 Å². The van der Waals surface area contributed by atoms with Crippen molar-refractivity contribution in [2.75, 3.05) is 26.2 Å². The van der Waals surface area contributed by atoms with E-state index in [-0.39, 0.29) is 5.91 Å². The molecule has 1 aromatic carbocycles. The number of carbonyl (C=O) groups is 1. The Kier molecular flexibility index (Phi) is 4.65. The van der Waals surface area contributed by atoms with Crippen molar-refractivity contribution >= 4 is 21.8 Å². The van der Waals surface area contributed by atoms with Crippen LogP contribution in [0.15, 0.2) is 22.7 Å². The molecule has 21 heavy (non-hydrogen) atoms. The van der Waals surface area contributed by atoms with Gasteiger partial charge in [-0.15, -0.1) is 0 Å². The highest BCUT2D eigenvalue weighted by Crippen LogP contribution is 2.23. The molecule has 114 valence electrons. The predicted molar refractivity (Wildman–Crippen MR) is 88.6 cm³/mol. The van der Waals surface area contributed by atoms with Gasteiger partial charge < -0.3 is 4.90 Å². The molecule has 0 radical (unpaired) electrons. The molecule has 1 amide bonds. The lowest BCUT2D eigenvalue weighted by atomic mass is 10.0. The summed E-state index contributed by atoms with van der Waals surface area (Å²) in [5.41, 5.74) is 1.94. The number of aryl methyl sites for hydroxylation is 1. The van der Waals surface area contributed by atoms with Crippen molar-refractivity contribution in [1.82, 2.24) is 9.80 Å². The minimum Gasteiger partial charge on any atom is -0.337 e. The zero-order chi connectivity index (χ0) is 14.8. The third-order valence-corrected chi connectivity index (χ3v) is 5.64. The fourth-order valence-corrected chi connectivity index (χ4v) is 3.75. The van der Waals surface area contributed by atoms with E-state index in [1.165, 1.54) is 32.4 Å². The van der Waals surface area contributed by atoms with E-state index in [1.54, 1.807) is 0 Å². The molecule has 0 aliphatic carbocycles. The molecular weight excluding hydrogens is 328 g/mol. The summed E-state index contributed by atoms with van der Waals surface area (Å²) in [6.07, 6.45) is 5.00. The number of hydrogen-bond acceptors (Lipinski definition) is 2. The second kappa shape index (κ2) is 6.49. The fourth-order valence-electron chi connectivity index (χ4n) is 3.50. The van der Waals surface area contributed by atoms with E-state index in [0.29, 0.717) is 6.04 Å². The molecule has 0 spiro atoms. The van der Waals surface area contributed by atoms with Gasteiger partial charge in [0.25, 0.3) is 5.91 Å². The fraction of sp³-hybridized carbons (Fsp3) is 0.588. The number of piperidine rings is 1. The first kappa shape index (κ1) is 15.0. The van der Waals surface area contributed by atoms with E-state index in [9.17, 15) is 4.79 Å². The Morgan fingerprint density at radius 3 is 2.67 bits per heavy atom. The van der Waals surface area contributed by atoms with Gasteiger partial charge in [0.1, 0.15) is 0 Å². The van der Waals surface area contributed by atoms with Crippen molar-refractivity contribution in [2.24, 2.45) is 0 Å². The molecule has 2 fully saturated rings. The number of amides is 1. The highest BCUT2D eigenvalue weighted by molar-refractivity contribution is 9.10. The monoisotopic (exact) mass is 350 g/mol. The summed E-state index contributed by atoms with van der Waals surface area (Å²) in [5, 5.41) is 0. The van der Waals surface area contributed by atoms with E-state index >= 15 is 0 Å². The van der Waals surface area contributed by atoms with Gasteiger partial charge in [-0.1, -0.05) is 15.9 Å². The summed E-state index contributed by atoms with van der Waals surface area (Å²) < 4.78 is 1.06. The third kappa shape index (κ3) is 3.32. The molecule has 4 heteroatoms. The summed E-state index contributed by atoms with van der Waals surface area (Å²) in [6, 6.07) is 6.47. The van der Waals surface area contributed by atoms with Crippen LogP contribution in [-0.2, 0) is 0 Å². The summed E-state index contributed by atoms with van der Waals surface area (Å²) in [5.74, 6) is 0.189. The Labute approximate surface area is 135 Å². The lowest BCUT2D eigenvalue weighted by molar-refractivity contribution is 0.0608. The lowest BCUT2D eigenvalue weighted by Crippen LogP contribution is -2.49. The van der Waals surface area contributed by atoms with E-state index in [1.807, 2.05) is 25.1 Å². The van der Waals surface area contributed by atoms with Crippen LogP contribution in [0.2, 0.25) is 0 Å². The van der Waals surface area contributed by atoms with E-state index < -0.39 is 0 Å². The van der Waals surface area contributed by atoms with Gasteiger partial charge in [0.2, 0.25) is 0 Å². The maximum absolute atomic E-state index is 12.7. The lowest BCUT2D eigenvalue weighted by Gasteiger charge is -2.37. The third-order valence-electron chi connectivity index (χ3n) is 4.75. The van der Waals surface area contributed by atoms with Gasteiger partial charge in [-0.2, -0.15) is 0 Å². The highest BCUT2D eigenvalue weighted by atomic mass is 79.9. The van der Waals surface area contributed by atoms with Gasteiger partial charge >= 0.3 is 0 Å². The Morgan fingerprint density at radius 2 is 1.95 bits per heavy atom. The minimum atomic E-state index is 0.189. The number of hydrogen-bond donors (Lipinski definition) is 0. The van der Waals surface area contributed by atoms with Gasteiger partial charge in [-0.25, -0.2) is 0 Å². The Balaban J connectivity index is 1.70. The quantitative estimate of drug-likeness (QED) is 0.815. The van der Waals surface area contributed by atoms with Crippen molar-refractivity contribution < 1.29 is 4.79 Å². The molecule has 1 aromatic rings. The van der Waals surface area contributed by atoms with E-state index in [2.05, 4.69) is 25.7 Å². The summed E-state index contributed by atoms with van der Waals surface area (Å²) in [7, 11) is 0. The maximum atomic E-state index is 12.7. The topological polar surface area (TPSA) is 23.6 Å². The molecule has 0 N–H and O–H groups in total. The second-order valence-corrected chi connectivity index (χ2v) is 7.11. The van der Waals surface area contributed by atoms with Crippen LogP contribution in [0.4, 0.5) is 0 Å². The average Bonchev–Trinajstić information content (AvgIpc) is 3.04. The van der Waals surface area contributed by atoms with Crippen molar-refractivity contribution in [3.8, 4) is 0 Å². The molecule has 0 aromatic heterocycles. The van der Waals surface area contributed by atoms with Crippen LogP contribution in [0.25, 0.3) is 0 Å². The van der Waals surface area contributed by atoms with Gasteiger partial charge in [0.05, 0.1) is 0 Å². The van der Waals surface area contributed by atoms with Crippen LogP contribution in [0.5, 0.6) is 0 Å². The molecule has 0 saturated carbocycles. The summed E-state index contributed by atoms with van der Waals surface area (Å²) in [4.78, 5) is 17.3. The Bertz CT molecular complexity index is 526. The maximum Gasteiger partial charge on any atom is 0.253 e. The van der Waals surface area contributed by atoms with Gasteiger partial charge in [-0.05, 0) is 69.5 Å². The first-order chi connectivity index (χ1) is 10.1. The standard InChI is InChI=1S/C17H23BrN2O/c1-13-11-14(6-7-16(13)18)17(21)20-10-4-5-15(12-20)19-8-2-3-9-19/h6-7,11,15H,2-5,8-10,12H2,1H3. The second-order valence-electron chi connectivity index (χ2n) is 6.25. The van der Waals surface area contributed by atoms with Crippen LogP contribution < -0.4 is 0 Å². The number of benzene rings is 1. The van der Waals surface area contributed by atoms with Crippen molar-refractivity contribution in [1.29, 1.82) is 0 Å². The molecular formula is C17H23BrN2O. The molecule has 2 aliphatic rings. The summed E-state index contributed by atoms with van der Waals surface area (Å²) >= 11 is 3.50. The van der Waals surface area contributed by atoms with Crippen LogP contribution in [-0.4, -0.2) is 47.9 Å². The number of carbonyl (C=O) groups excluding carboxylic acids is 1. The largest absolute Gasteiger partial charge is 0.337 e. The molecule has 1 atom stereocenters. The first-order valence-corrected chi connectivity index (χ1v) is 8.74. The Hall–Kier alpha value is -0.870. The van der Waals surface area contributed by atoms with E-state index in [4.69, 9.17) is 0 Å². The molecule has 3 nitrogen and oxygen atoms in total. The minimum absolute atomic E-state index is 0.189. The van der Waals surface area contributed by atoms with Gasteiger partial charge in [-0.3, -0.25) is 9.69 Å². The molecule has 2 heterocycles. The molecule has 3 rings (SSSR count). The molecule has 0 bridgehead atoms. The van der Waals surface area contributed by atoms with E-state index in [0.717, 1.165) is 35.1 Å². The molecule has 2 aliphatic heterocycles. The van der Waals surface area contributed by atoms with Crippen LogP contribution in [0.3, 0.4) is 0 Å².